The molecule has 1 N–H and O–H groups in total. The van der Waals surface area contributed by atoms with Crippen LogP contribution in [0, 0.1) is 0 Å². The van der Waals surface area contributed by atoms with E-state index in [-0.39, 0.29) is 0 Å². The lowest BCUT2D eigenvalue weighted by molar-refractivity contribution is 0.115. The first-order valence-electron chi connectivity index (χ1n) is 5.07. The molecule has 78 valence electrons. The Kier molecular flexibility index (Phi) is 5.00. The number of nitrogens with one attached hydrogen (secondary N) is 1. The molecule has 0 aromatic carbocycles. The van der Waals surface area contributed by atoms with E-state index in [1.807, 2.05) is 19.2 Å². The molecular weight excluding hydrogens is 176 g/mol. The van der Waals surface area contributed by atoms with Crippen LogP contribution in [0.2, 0.25) is 0 Å². The number of anilines is 1. The van der Waals surface area contributed by atoms with Crippen molar-refractivity contribution in [1.82, 2.24) is 4.98 Å². The summed E-state index contributed by atoms with van der Waals surface area (Å²) < 4.78 is 5.47. The van der Waals surface area contributed by atoms with Crippen LogP contribution in [-0.4, -0.2) is 18.6 Å². The number of hydrogen-bond donors (Lipinski definition) is 1. The van der Waals surface area contributed by atoms with Crippen molar-refractivity contribution in [3.8, 4) is 0 Å². The third-order valence-corrected chi connectivity index (χ3v) is 2.00. The van der Waals surface area contributed by atoms with E-state index in [1.54, 1.807) is 6.20 Å². The Morgan fingerprint density at radius 1 is 1.50 bits per heavy atom. The molecule has 14 heavy (non-hydrogen) atoms. The predicted molar refractivity (Wildman–Crippen MR) is 58.3 cm³/mol. The zero-order valence-electron chi connectivity index (χ0n) is 8.92. The molecule has 0 saturated heterocycles. The van der Waals surface area contributed by atoms with Gasteiger partial charge in [-0.25, -0.2) is 0 Å². The minimum Gasteiger partial charge on any atom is -0.388 e. The van der Waals surface area contributed by atoms with Crippen LogP contribution >= 0.6 is 0 Å². The molecule has 3 heteroatoms. The molecule has 0 unspecified atom stereocenters. The molecule has 0 spiro atoms. The van der Waals surface area contributed by atoms with Gasteiger partial charge in [-0.15, -0.1) is 0 Å². The molecule has 0 bridgehead atoms. The molecule has 0 saturated carbocycles. The molecule has 1 rings (SSSR count). The minimum atomic E-state index is 0.607. The Balaban J connectivity index is 2.34. The SMILES string of the molecule is CCCCOCc1cc(NC)ccn1. The fourth-order valence-electron chi connectivity index (χ4n) is 1.14. The lowest BCUT2D eigenvalue weighted by Gasteiger charge is -2.04. The summed E-state index contributed by atoms with van der Waals surface area (Å²) in [5.74, 6) is 0. The van der Waals surface area contributed by atoms with Gasteiger partial charge in [0.1, 0.15) is 0 Å². The zero-order valence-corrected chi connectivity index (χ0v) is 8.92. The van der Waals surface area contributed by atoms with Crippen LogP contribution in [0.4, 0.5) is 5.69 Å². The van der Waals surface area contributed by atoms with E-state index in [0.29, 0.717) is 6.61 Å². The van der Waals surface area contributed by atoms with Crippen LogP contribution in [0.15, 0.2) is 18.3 Å². The van der Waals surface area contributed by atoms with Crippen LogP contribution < -0.4 is 5.32 Å². The molecule has 0 aliphatic rings. The maximum Gasteiger partial charge on any atom is 0.0888 e. The predicted octanol–water partition coefficient (Wildman–Crippen LogP) is 2.44. The first kappa shape index (κ1) is 11.0. The summed E-state index contributed by atoms with van der Waals surface area (Å²) in [4.78, 5) is 4.22. The van der Waals surface area contributed by atoms with E-state index in [0.717, 1.165) is 24.4 Å². The van der Waals surface area contributed by atoms with Crippen molar-refractivity contribution >= 4 is 5.69 Å². The Morgan fingerprint density at radius 3 is 3.07 bits per heavy atom. The molecule has 0 amide bonds. The number of ether oxygens (including phenoxy) is 1. The number of aromatic nitrogens is 1. The average Bonchev–Trinajstić information content (AvgIpc) is 2.25. The molecule has 0 atom stereocenters. The first-order valence-corrected chi connectivity index (χ1v) is 5.07. The van der Waals surface area contributed by atoms with Gasteiger partial charge in [0, 0.05) is 25.5 Å². The average molecular weight is 194 g/mol. The second-order valence-electron chi connectivity index (χ2n) is 3.19. The van der Waals surface area contributed by atoms with E-state index in [1.165, 1.54) is 6.42 Å². The number of rotatable bonds is 6. The van der Waals surface area contributed by atoms with Crippen LogP contribution in [-0.2, 0) is 11.3 Å². The highest BCUT2D eigenvalue weighted by molar-refractivity contribution is 5.42. The van der Waals surface area contributed by atoms with Gasteiger partial charge in [-0.3, -0.25) is 4.98 Å². The Bertz CT molecular complexity index is 263. The fourth-order valence-corrected chi connectivity index (χ4v) is 1.14. The van der Waals surface area contributed by atoms with Gasteiger partial charge in [-0.2, -0.15) is 0 Å². The minimum absolute atomic E-state index is 0.607. The summed E-state index contributed by atoms with van der Waals surface area (Å²) in [7, 11) is 1.90. The number of unbranched alkanes of at least 4 members (excludes halogenated alkanes) is 1. The molecule has 0 fully saturated rings. The smallest absolute Gasteiger partial charge is 0.0888 e. The number of hydrogen-bond acceptors (Lipinski definition) is 3. The van der Waals surface area contributed by atoms with Crippen molar-refractivity contribution < 1.29 is 4.74 Å². The molecule has 1 aromatic rings. The summed E-state index contributed by atoms with van der Waals surface area (Å²) >= 11 is 0. The van der Waals surface area contributed by atoms with Gasteiger partial charge >= 0.3 is 0 Å². The summed E-state index contributed by atoms with van der Waals surface area (Å²) in [6, 6.07) is 3.95. The van der Waals surface area contributed by atoms with E-state index in [4.69, 9.17) is 4.74 Å². The van der Waals surface area contributed by atoms with Crippen molar-refractivity contribution in [1.29, 1.82) is 0 Å². The second-order valence-corrected chi connectivity index (χ2v) is 3.19. The highest BCUT2D eigenvalue weighted by Gasteiger charge is 1.95. The maximum atomic E-state index is 5.47. The molecule has 0 aliphatic carbocycles. The zero-order chi connectivity index (χ0) is 10.2. The molecule has 1 aromatic heterocycles. The number of nitrogens with zero attached hydrogens (tertiary/aromatic N) is 1. The van der Waals surface area contributed by atoms with Crippen LogP contribution in [0.5, 0.6) is 0 Å². The van der Waals surface area contributed by atoms with Gasteiger partial charge in [0.2, 0.25) is 0 Å². The topological polar surface area (TPSA) is 34.1 Å². The van der Waals surface area contributed by atoms with Gasteiger partial charge in [0.25, 0.3) is 0 Å². The van der Waals surface area contributed by atoms with Crippen molar-refractivity contribution in [2.45, 2.75) is 26.4 Å². The first-order chi connectivity index (χ1) is 6.86. The third-order valence-electron chi connectivity index (χ3n) is 2.00. The highest BCUT2D eigenvalue weighted by atomic mass is 16.5. The second kappa shape index (κ2) is 6.38. The Labute approximate surface area is 85.5 Å². The van der Waals surface area contributed by atoms with Crippen molar-refractivity contribution in [2.75, 3.05) is 19.0 Å². The molecule has 0 aliphatic heterocycles. The van der Waals surface area contributed by atoms with Crippen molar-refractivity contribution in [2.24, 2.45) is 0 Å². The summed E-state index contributed by atoms with van der Waals surface area (Å²) in [5.41, 5.74) is 2.06. The standard InChI is InChI=1S/C11H18N2O/c1-3-4-7-14-9-11-8-10(12-2)5-6-13-11/h5-6,8H,3-4,7,9H2,1-2H3,(H,12,13). The third kappa shape index (κ3) is 3.75. The van der Waals surface area contributed by atoms with Gasteiger partial charge in [0.05, 0.1) is 12.3 Å². The van der Waals surface area contributed by atoms with Gasteiger partial charge < -0.3 is 10.1 Å². The van der Waals surface area contributed by atoms with Crippen LogP contribution in [0.25, 0.3) is 0 Å². The lowest BCUT2D eigenvalue weighted by atomic mass is 10.3. The molecule has 0 radical (unpaired) electrons. The van der Waals surface area contributed by atoms with E-state index >= 15 is 0 Å². The quantitative estimate of drug-likeness (QED) is 0.706. The van der Waals surface area contributed by atoms with Gasteiger partial charge in [0.15, 0.2) is 0 Å². The van der Waals surface area contributed by atoms with Crippen LogP contribution in [0.1, 0.15) is 25.5 Å². The molecular formula is C11H18N2O. The summed E-state index contributed by atoms with van der Waals surface area (Å²) in [6.45, 7) is 3.58. The van der Waals surface area contributed by atoms with Crippen LogP contribution in [0.3, 0.4) is 0 Å². The fraction of sp³-hybridized carbons (Fsp3) is 0.545. The van der Waals surface area contributed by atoms with Gasteiger partial charge in [-0.05, 0) is 18.6 Å². The summed E-state index contributed by atoms with van der Waals surface area (Å²) in [6.07, 6.45) is 4.08. The van der Waals surface area contributed by atoms with E-state index < -0.39 is 0 Å². The largest absolute Gasteiger partial charge is 0.388 e. The van der Waals surface area contributed by atoms with Crippen molar-refractivity contribution in [3.63, 3.8) is 0 Å². The molecule has 3 nitrogen and oxygen atoms in total. The van der Waals surface area contributed by atoms with Gasteiger partial charge in [-0.1, -0.05) is 13.3 Å². The maximum absolute atomic E-state index is 5.47. The summed E-state index contributed by atoms with van der Waals surface area (Å²) in [5, 5.41) is 3.07. The Morgan fingerprint density at radius 2 is 2.36 bits per heavy atom. The monoisotopic (exact) mass is 194 g/mol. The normalized spacial score (nSPS) is 10.1. The molecule has 1 heterocycles. The van der Waals surface area contributed by atoms with E-state index in [9.17, 15) is 0 Å². The van der Waals surface area contributed by atoms with Crippen molar-refractivity contribution in [3.05, 3.63) is 24.0 Å². The Hall–Kier alpha value is -1.09. The van der Waals surface area contributed by atoms with E-state index in [2.05, 4.69) is 17.2 Å². The highest BCUT2D eigenvalue weighted by Crippen LogP contribution is 2.07. The number of pyridine rings is 1. The lowest BCUT2D eigenvalue weighted by Crippen LogP contribution is -1.98.